The predicted octanol–water partition coefficient (Wildman–Crippen LogP) is 3.03. The molecule has 0 aliphatic carbocycles. The number of aryl methyl sites for hydroxylation is 2. The van der Waals surface area contributed by atoms with Crippen molar-refractivity contribution in [3.63, 3.8) is 0 Å². The number of nitrogens with zero attached hydrogens (tertiary/aromatic N) is 2. The fourth-order valence-corrected chi connectivity index (χ4v) is 3.96. The minimum absolute atomic E-state index is 0.0540. The first-order valence-electron chi connectivity index (χ1n) is 8.24. The van der Waals surface area contributed by atoms with Gasteiger partial charge in [0.1, 0.15) is 0 Å². The molecule has 0 spiro atoms. The van der Waals surface area contributed by atoms with Gasteiger partial charge in [-0.3, -0.25) is 9.59 Å². The van der Waals surface area contributed by atoms with Gasteiger partial charge >= 0.3 is 0 Å². The summed E-state index contributed by atoms with van der Waals surface area (Å²) in [6.45, 7) is 5.55. The van der Waals surface area contributed by atoms with Crippen molar-refractivity contribution in [3.8, 4) is 0 Å². The third kappa shape index (κ3) is 2.68. The van der Waals surface area contributed by atoms with Crippen LogP contribution in [0.3, 0.4) is 0 Å². The topological polar surface area (TPSA) is 63.5 Å². The number of rotatable bonds is 2. The first-order chi connectivity index (χ1) is 12.4. The van der Waals surface area contributed by atoms with Gasteiger partial charge in [-0.25, -0.2) is 9.38 Å². The van der Waals surface area contributed by atoms with E-state index < -0.39 is 0 Å². The van der Waals surface area contributed by atoms with Crippen LogP contribution in [0.1, 0.15) is 23.6 Å². The van der Waals surface area contributed by atoms with Crippen LogP contribution >= 0.6 is 11.3 Å². The van der Waals surface area contributed by atoms with Gasteiger partial charge in [0, 0.05) is 12.6 Å². The van der Waals surface area contributed by atoms with E-state index in [-0.39, 0.29) is 11.5 Å². The van der Waals surface area contributed by atoms with E-state index in [0.717, 1.165) is 27.8 Å². The maximum absolute atomic E-state index is 12.9. The minimum atomic E-state index is -0.111. The van der Waals surface area contributed by atoms with E-state index >= 15 is 0 Å². The molecule has 4 rings (SSSR count). The summed E-state index contributed by atoms with van der Waals surface area (Å²) in [4.78, 5) is 29.3. The molecule has 0 aliphatic rings. The van der Waals surface area contributed by atoms with Gasteiger partial charge in [0.05, 0.1) is 15.6 Å². The maximum Gasteiger partial charge on any atom is 0.274 e. The number of benzene rings is 2. The Morgan fingerprint density at radius 2 is 1.88 bits per heavy atom. The fourth-order valence-electron chi connectivity index (χ4n) is 2.98. The van der Waals surface area contributed by atoms with Gasteiger partial charge in [-0.05, 0) is 54.8 Å². The molecular weight excluding hydrogens is 346 g/mol. The predicted molar refractivity (Wildman–Crippen MR) is 106 cm³/mol. The Morgan fingerprint density at radius 3 is 2.58 bits per heavy atom. The van der Waals surface area contributed by atoms with Gasteiger partial charge in [-0.15, -0.1) is 0 Å². The normalized spacial score (nSPS) is 12.2. The highest BCUT2D eigenvalue weighted by atomic mass is 32.1. The van der Waals surface area contributed by atoms with E-state index in [4.69, 9.17) is 0 Å². The quantitative estimate of drug-likeness (QED) is 0.595. The summed E-state index contributed by atoms with van der Waals surface area (Å²) >= 11 is 1.39. The number of hydrogen-bond donors (Lipinski definition) is 1. The van der Waals surface area contributed by atoms with E-state index in [9.17, 15) is 9.59 Å². The molecule has 2 aromatic heterocycles. The zero-order valence-electron chi connectivity index (χ0n) is 14.7. The lowest BCUT2D eigenvalue weighted by molar-refractivity contribution is -0.114. The number of thiazole rings is 1. The van der Waals surface area contributed by atoms with Crippen LogP contribution in [0.5, 0.6) is 0 Å². The van der Waals surface area contributed by atoms with Crippen molar-refractivity contribution in [2.75, 3.05) is 5.32 Å². The number of imidazole rings is 1. The minimum Gasteiger partial charge on any atom is -0.326 e. The molecule has 1 amide bonds. The largest absolute Gasteiger partial charge is 0.326 e. The average Bonchev–Trinajstić information content (AvgIpc) is 3.10. The number of anilines is 1. The Labute approximate surface area is 153 Å². The van der Waals surface area contributed by atoms with Crippen LogP contribution in [0.25, 0.3) is 22.1 Å². The molecule has 2 heterocycles. The average molecular weight is 363 g/mol. The van der Waals surface area contributed by atoms with Gasteiger partial charge in [-0.1, -0.05) is 29.5 Å². The number of nitrogens with one attached hydrogen (secondary N) is 1. The second-order valence-electron chi connectivity index (χ2n) is 6.32. The van der Waals surface area contributed by atoms with Crippen LogP contribution in [-0.2, 0) is 4.79 Å². The number of hydrogen-bond acceptors (Lipinski definition) is 4. The lowest BCUT2D eigenvalue weighted by atomic mass is 10.1. The zero-order valence-corrected chi connectivity index (χ0v) is 15.5. The van der Waals surface area contributed by atoms with Gasteiger partial charge in [0.2, 0.25) is 5.91 Å². The monoisotopic (exact) mass is 363 g/mol. The lowest BCUT2D eigenvalue weighted by Gasteiger charge is -2.01. The van der Waals surface area contributed by atoms with Crippen LogP contribution in [0.4, 0.5) is 5.69 Å². The molecule has 0 bridgehead atoms. The highest BCUT2D eigenvalue weighted by Gasteiger charge is 2.13. The highest BCUT2D eigenvalue weighted by Crippen LogP contribution is 2.22. The molecule has 0 aliphatic heterocycles. The van der Waals surface area contributed by atoms with E-state index in [0.29, 0.717) is 9.49 Å². The summed E-state index contributed by atoms with van der Waals surface area (Å²) in [5.41, 5.74) is 5.59. The number of carbonyl (C=O) groups is 1. The second-order valence-corrected chi connectivity index (χ2v) is 7.33. The molecule has 5 nitrogen and oxygen atoms in total. The van der Waals surface area contributed by atoms with Gasteiger partial charge in [-0.2, -0.15) is 0 Å². The summed E-state index contributed by atoms with van der Waals surface area (Å²) in [7, 11) is 0. The summed E-state index contributed by atoms with van der Waals surface area (Å²) < 4.78 is 2.32. The molecule has 0 saturated carbocycles. The smallest absolute Gasteiger partial charge is 0.274 e. The molecule has 1 N–H and O–H groups in total. The molecule has 0 atom stereocenters. The second kappa shape index (κ2) is 6.07. The van der Waals surface area contributed by atoms with Crippen molar-refractivity contribution in [2.45, 2.75) is 20.8 Å². The van der Waals surface area contributed by atoms with Crippen molar-refractivity contribution < 1.29 is 4.79 Å². The maximum atomic E-state index is 12.9. The molecule has 0 radical (unpaired) electrons. The Hall–Kier alpha value is -2.99. The third-order valence-electron chi connectivity index (χ3n) is 4.46. The number of fused-ring (bicyclic) bond motifs is 3. The Bertz CT molecular complexity index is 1270. The number of aromatic nitrogens is 2. The van der Waals surface area contributed by atoms with Gasteiger partial charge in [0.25, 0.3) is 5.56 Å². The summed E-state index contributed by atoms with van der Waals surface area (Å²) in [6.07, 6.45) is 1.85. The SMILES string of the molecule is CC(=O)Nc1ccc(/C=c2\sc3nc4c(C)c(C)ccc4n3c2=O)cc1. The molecule has 6 heteroatoms. The molecule has 0 saturated heterocycles. The Kier molecular flexibility index (Phi) is 3.85. The fraction of sp³-hybridized carbons (Fsp3) is 0.150. The molecular formula is C20H17N3O2S. The molecule has 26 heavy (non-hydrogen) atoms. The van der Waals surface area contributed by atoms with Gasteiger partial charge in [0.15, 0.2) is 4.96 Å². The van der Waals surface area contributed by atoms with Crippen LogP contribution < -0.4 is 15.4 Å². The summed E-state index contributed by atoms with van der Waals surface area (Å²) in [5.74, 6) is -0.111. The van der Waals surface area contributed by atoms with E-state index in [2.05, 4.69) is 10.3 Å². The zero-order chi connectivity index (χ0) is 18.4. The first kappa shape index (κ1) is 16.5. The van der Waals surface area contributed by atoms with Crippen molar-refractivity contribution in [1.82, 2.24) is 9.38 Å². The van der Waals surface area contributed by atoms with Crippen LogP contribution in [0.2, 0.25) is 0 Å². The van der Waals surface area contributed by atoms with E-state index in [1.54, 1.807) is 4.40 Å². The lowest BCUT2D eigenvalue weighted by Crippen LogP contribution is -2.22. The molecule has 2 aromatic carbocycles. The highest BCUT2D eigenvalue weighted by molar-refractivity contribution is 7.15. The number of carbonyl (C=O) groups excluding carboxylic acids is 1. The van der Waals surface area contributed by atoms with E-state index in [1.807, 2.05) is 56.3 Å². The number of amides is 1. The van der Waals surface area contributed by atoms with Crippen molar-refractivity contribution in [2.24, 2.45) is 0 Å². The van der Waals surface area contributed by atoms with Crippen LogP contribution in [0, 0.1) is 13.8 Å². The Morgan fingerprint density at radius 1 is 1.15 bits per heavy atom. The van der Waals surface area contributed by atoms with Crippen LogP contribution in [-0.4, -0.2) is 15.3 Å². The van der Waals surface area contributed by atoms with Crippen molar-refractivity contribution in [1.29, 1.82) is 0 Å². The molecule has 0 fully saturated rings. The van der Waals surface area contributed by atoms with E-state index in [1.165, 1.54) is 23.8 Å². The van der Waals surface area contributed by atoms with Crippen molar-refractivity contribution >= 4 is 45.0 Å². The third-order valence-corrected chi connectivity index (χ3v) is 5.43. The Balaban J connectivity index is 1.83. The first-order valence-corrected chi connectivity index (χ1v) is 9.06. The molecule has 4 aromatic rings. The summed E-state index contributed by atoms with van der Waals surface area (Å²) in [5, 5.41) is 2.73. The molecule has 130 valence electrons. The standard InChI is InChI=1S/C20H17N3O2S/c1-11-4-9-16-18(12(11)2)22-20-23(16)19(25)17(26-20)10-14-5-7-15(8-6-14)21-13(3)24/h4-10H,1-3H3,(H,21,24)/b17-10-. The van der Waals surface area contributed by atoms with Crippen molar-refractivity contribution in [3.05, 3.63) is 68.0 Å². The molecule has 0 unspecified atom stereocenters. The van der Waals surface area contributed by atoms with Crippen LogP contribution in [0.15, 0.2) is 41.2 Å². The van der Waals surface area contributed by atoms with Gasteiger partial charge < -0.3 is 5.32 Å². The summed E-state index contributed by atoms with van der Waals surface area (Å²) in [6, 6.07) is 11.4.